The minimum atomic E-state index is -3.79. The quantitative estimate of drug-likeness (QED) is 0.528. The van der Waals surface area contributed by atoms with Gasteiger partial charge in [0.25, 0.3) is 0 Å². The molecule has 0 radical (unpaired) electrons. The van der Waals surface area contributed by atoms with Crippen LogP contribution >= 0.6 is 11.3 Å². The largest absolute Gasteiger partial charge is 0.354 e. The zero-order chi connectivity index (χ0) is 22.7. The van der Waals surface area contributed by atoms with E-state index in [1.54, 1.807) is 11.3 Å². The Hall–Kier alpha value is -2.56. The van der Waals surface area contributed by atoms with E-state index < -0.39 is 27.3 Å². The molecule has 2 heterocycles. The van der Waals surface area contributed by atoms with Crippen molar-refractivity contribution in [3.05, 3.63) is 53.8 Å². The van der Waals surface area contributed by atoms with Crippen LogP contribution in [0.4, 0.5) is 9.52 Å². The number of amides is 1. The Morgan fingerprint density at radius 1 is 1.12 bits per heavy atom. The van der Waals surface area contributed by atoms with Crippen LogP contribution in [0.15, 0.2) is 47.4 Å². The van der Waals surface area contributed by atoms with Gasteiger partial charge in [0.1, 0.15) is 11.6 Å². The second-order valence-electron chi connectivity index (χ2n) is 7.86. The molecule has 1 saturated heterocycles. The first-order valence-electron chi connectivity index (χ1n) is 10.4. The fourth-order valence-corrected chi connectivity index (χ4v) is 5.90. The molecule has 10 heteroatoms. The number of hydrogen-bond acceptors (Lipinski definition) is 7. The molecule has 2 aromatic carbocycles. The van der Waals surface area contributed by atoms with Crippen LogP contribution in [0.3, 0.4) is 0 Å². The number of carbonyl (C=O) groups excluding carboxylic acids is 1. The fraction of sp³-hybridized carbons (Fsp3) is 0.364. The number of piperazine rings is 1. The van der Waals surface area contributed by atoms with Crippen LogP contribution in [0.2, 0.25) is 0 Å². The van der Waals surface area contributed by atoms with E-state index in [1.807, 2.05) is 0 Å². The zero-order valence-electron chi connectivity index (χ0n) is 17.8. The Morgan fingerprint density at radius 3 is 2.56 bits per heavy atom. The van der Waals surface area contributed by atoms with Crippen LogP contribution < -0.4 is 10.2 Å². The summed E-state index contributed by atoms with van der Waals surface area (Å²) in [6.45, 7) is 6.50. The number of sulfone groups is 1. The number of nitrogens with one attached hydrogen (secondary N) is 1. The predicted molar refractivity (Wildman–Crippen MR) is 124 cm³/mol. The molecule has 32 heavy (non-hydrogen) atoms. The molecule has 0 spiro atoms. The van der Waals surface area contributed by atoms with Crippen LogP contribution in [0.25, 0.3) is 10.2 Å². The molecule has 0 unspecified atom stereocenters. The van der Waals surface area contributed by atoms with Crippen molar-refractivity contribution in [1.29, 1.82) is 0 Å². The molecular weight excluding hydrogens is 451 g/mol. The van der Waals surface area contributed by atoms with Crippen molar-refractivity contribution in [2.75, 3.05) is 49.9 Å². The molecule has 1 amide bonds. The number of benzene rings is 2. The maximum absolute atomic E-state index is 13.0. The third-order valence-electron chi connectivity index (χ3n) is 5.42. The van der Waals surface area contributed by atoms with Gasteiger partial charge >= 0.3 is 0 Å². The maximum Gasteiger partial charge on any atom is 0.235 e. The summed E-state index contributed by atoms with van der Waals surface area (Å²) < 4.78 is 38.7. The normalized spacial score (nSPS) is 15.2. The van der Waals surface area contributed by atoms with Gasteiger partial charge in [-0.2, -0.15) is 0 Å². The highest BCUT2D eigenvalue weighted by Gasteiger charge is 2.21. The highest BCUT2D eigenvalue weighted by Crippen LogP contribution is 2.30. The van der Waals surface area contributed by atoms with Crippen molar-refractivity contribution in [1.82, 2.24) is 15.2 Å². The van der Waals surface area contributed by atoms with Crippen molar-refractivity contribution < 1.29 is 17.6 Å². The Kier molecular flexibility index (Phi) is 6.73. The van der Waals surface area contributed by atoms with E-state index in [4.69, 9.17) is 4.98 Å². The van der Waals surface area contributed by atoms with Gasteiger partial charge in [-0.05, 0) is 48.9 Å². The summed E-state index contributed by atoms with van der Waals surface area (Å²) in [5, 5.41) is 3.71. The molecule has 1 aromatic heterocycles. The third kappa shape index (κ3) is 5.43. The smallest absolute Gasteiger partial charge is 0.235 e. The van der Waals surface area contributed by atoms with Gasteiger partial charge in [0.15, 0.2) is 15.0 Å². The summed E-state index contributed by atoms with van der Waals surface area (Å²) in [7, 11) is -3.79. The number of rotatable bonds is 7. The molecule has 1 aliphatic heterocycles. The minimum absolute atomic E-state index is 0.0600. The van der Waals surface area contributed by atoms with E-state index in [-0.39, 0.29) is 4.90 Å². The lowest BCUT2D eigenvalue weighted by molar-refractivity contribution is -0.118. The van der Waals surface area contributed by atoms with E-state index in [0.717, 1.165) is 49.0 Å². The lowest BCUT2D eigenvalue weighted by Gasteiger charge is -2.34. The summed E-state index contributed by atoms with van der Waals surface area (Å²) >= 11 is 1.71. The lowest BCUT2D eigenvalue weighted by Crippen LogP contribution is -2.48. The molecular formula is C22H25FN4O3S2. The molecule has 4 rings (SSSR count). The van der Waals surface area contributed by atoms with Gasteiger partial charge in [-0.3, -0.25) is 9.69 Å². The fourth-order valence-electron chi connectivity index (χ4n) is 3.62. The minimum Gasteiger partial charge on any atom is -0.354 e. The highest BCUT2D eigenvalue weighted by atomic mass is 32.2. The van der Waals surface area contributed by atoms with Gasteiger partial charge in [0, 0.05) is 39.3 Å². The number of aromatic nitrogens is 1. The molecule has 0 atom stereocenters. The van der Waals surface area contributed by atoms with Crippen LogP contribution in [0, 0.1) is 12.7 Å². The number of hydrogen-bond donors (Lipinski definition) is 1. The van der Waals surface area contributed by atoms with Gasteiger partial charge < -0.3 is 10.2 Å². The van der Waals surface area contributed by atoms with Crippen molar-refractivity contribution in [3.63, 3.8) is 0 Å². The van der Waals surface area contributed by atoms with E-state index in [1.165, 1.54) is 22.4 Å². The van der Waals surface area contributed by atoms with Gasteiger partial charge in [0.05, 0.1) is 15.1 Å². The summed E-state index contributed by atoms with van der Waals surface area (Å²) in [4.78, 5) is 21.3. The molecule has 0 aliphatic carbocycles. The van der Waals surface area contributed by atoms with Crippen molar-refractivity contribution in [2.24, 2.45) is 0 Å². The highest BCUT2D eigenvalue weighted by molar-refractivity contribution is 7.92. The van der Waals surface area contributed by atoms with E-state index in [2.05, 4.69) is 40.2 Å². The molecule has 1 N–H and O–H groups in total. The van der Waals surface area contributed by atoms with Crippen LogP contribution in [-0.2, 0) is 14.6 Å². The molecule has 7 nitrogen and oxygen atoms in total. The summed E-state index contributed by atoms with van der Waals surface area (Å²) in [5.41, 5.74) is 2.25. The first kappa shape index (κ1) is 22.6. The summed E-state index contributed by atoms with van der Waals surface area (Å²) in [5.74, 6) is -1.73. The Bertz CT molecular complexity index is 1200. The number of anilines is 1. The van der Waals surface area contributed by atoms with Crippen molar-refractivity contribution in [2.45, 2.75) is 11.8 Å². The first-order chi connectivity index (χ1) is 15.3. The number of fused-ring (bicyclic) bond motifs is 1. The van der Waals surface area contributed by atoms with Crippen LogP contribution in [0.5, 0.6) is 0 Å². The Labute approximate surface area is 190 Å². The summed E-state index contributed by atoms with van der Waals surface area (Å²) in [6, 6.07) is 10.8. The molecule has 0 saturated carbocycles. The van der Waals surface area contributed by atoms with Crippen molar-refractivity contribution in [3.8, 4) is 0 Å². The second-order valence-corrected chi connectivity index (χ2v) is 10.9. The van der Waals surface area contributed by atoms with E-state index in [9.17, 15) is 17.6 Å². The third-order valence-corrected chi connectivity index (χ3v) is 8.13. The Balaban J connectivity index is 1.21. The van der Waals surface area contributed by atoms with Gasteiger partial charge in [-0.1, -0.05) is 17.4 Å². The topological polar surface area (TPSA) is 82.6 Å². The van der Waals surface area contributed by atoms with Crippen LogP contribution in [0.1, 0.15) is 5.56 Å². The van der Waals surface area contributed by atoms with E-state index in [0.29, 0.717) is 13.1 Å². The monoisotopic (exact) mass is 476 g/mol. The molecule has 170 valence electrons. The second kappa shape index (κ2) is 9.51. The number of aryl methyl sites for hydroxylation is 1. The van der Waals surface area contributed by atoms with Crippen molar-refractivity contribution >= 4 is 42.4 Å². The molecule has 0 bridgehead atoms. The average molecular weight is 477 g/mol. The number of thiazole rings is 1. The lowest BCUT2D eigenvalue weighted by atomic mass is 10.2. The standard InChI is InChI=1S/C22H25FN4O3S2/c1-16-2-7-19-20(14-16)31-22(25-19)27-12-10-26(11-13-27)9-8-24-21(28)15-32(29,30)18-5-3-17(23)4-6-18/h2-7,14H,8-13,15H2,1H3,(H,24,28). The number of halogens is 1. The molecule has 3 aromatic rings. The average Bonchev–Trinajstić information content (AvgIpc) is 3.17. The molecule has 1 aliphatic rings. The predicted octanol–water partition coefficient (Wildman–Crippen LogP) is 2.46. The zero-order valence-corrected chi connectivity index (χ0v) is 19.4. The van der Waals surface area contributed by atoms with Gasteiger partial charge in [-0.25, -0.2) is 17.8 Å². The summed E-state index contributed by atoms with van der Waals surface area (Å²) in [6.07, 6.45) is 0. The van der Waals surface area contributed by atoms with Crippen LogP contribution in [-0.4, -0.2) is 69.2 Å². The first-order valence-corrected chi connectivity index (χ1v) is 12.9. The number of nitrogens with zero attached hydrogens (tertiary/aromatic N) is 3. The van der Waals surface area contributed by atoms with E-state index >= 15 is 0 Å². The van der Waals surface area contributed by atoms with Gasteiger partial charge in [-0.15, -0.1) is 0 Å². The van der Waals surface area contributed by atoms with Gasteiger partial charge in [0.2, 0.25) is 5.91 Å². The molecule has 1 fully saturated rings. The SMILES string of the molecule is Cc1ccc2nc(N3CCN(CCNC(=O)CS(=O)(=O)c4ccc(F)cc4)CC3)sc2c1. The maximum atomic E-state index is 13.0. The number of carbonyl (C=O) groups is 1. The Morgan fingerprint density at radius 2 is 1.84 bits per heavy atom.